The van der Waals surface area contributed by atoms with Gasteiger partial charge in [-0.3, -0.25) is 4.79 Å². The lowest BCUT2D eigenvalue weighted by Crippen LogP contribution is -2.17. The second-order valence-corrected chi connectivity index (χ2v) is 7.33. The minimum absolute atomic E-state index is 0.0677. The second kappa shape index (κ2) is 6.80. The van der Waals surface area contributed by atoms with Gasteiger partial charge in [-0.1, -0.05) is 12.1 Å². The Morgan fingerprint density at radius 1 is 1.16 bits per heavy atom. The first-order valence-corrected chi connectivity index (χ1v) is 9.38. The van der Waals surface area contributed by atoms with E-state index in [0.717, 1.165) is 29.1 Å². The molecule has 0 spiro atoms. The van der Waals surface area contributed by atoms with Crippen LogP contribution in [0.15, 0.2) is 30.6 Å². The van der Waals surface area contributed by atoms with Crippen molar-refractivity contribution in [2.45, 2.75) is 32.2 Å². The van der Waals surface area contributed by atoms with Gasteiger partial charge in [-0.05, 0) is 48.9 Å². The number of carbonyl (C=O) groups is 1. The minimum Gasteiger partial charge on any atom is -0.365 e. The molecule has 1 aliphatic rings. The highest BCUT2D eigenvalue weighted by molar-refractivity contribution is 7.19. The van der Waals surface area contributed by atoms with Gasteiger partial charge in [-0.2, -0.15) is 0 Å². The molecular formula is C19H20N4OS. The summed E-state index contributed by atoms with van der Waals surface area (Å²) in [6.07, 6.45) is 6.44. The fourth-order valence-corrected chi connectivity index (χ4v) is 4.56. The second-order valence-electron chi connectivity index (χ2n) is 6.24. The number of amides is 1. The van der Waals surface area contributed by atoms with E-state index in [1.165, 1.54) is 28.7 Å². The molecule has 0 saturated carbocycles. The van der Waals surface area contributed by atoms with Crippen LogP contribution in [0, 0.1) is 0 Å². The number of carbonyl (C=O) groups excluding carboxylic acids is 1. The van der Waals surface area contributed by atoms with Crippen molar-refractivity contribution >= 4 is 33.3 Å². The van der Waals surface area contributed by atoms with Crippen molar-refractivity contribution in [3.63, 3.8) is 0 Å². The highest BCUT2D eigenvalue weighted by Crippen LogP contribution is 2.38. The van der Waals surface area contributed by atoms with Gasteiger partial charge in [0.2, 0.25) is 0 Å². The zero-order chi connectivity index (χ0) is 17.2. The molecule has 0 saturated heterocycles. The number of aryl methyl sites for hydroxylation is 2. The summed E-state index contributed by atoms with van der Waals surface area (Å²) in [6, 6.07) is 7.63. The van der Waals surface area contributed by atoms with Crippen LogP contribution in [0.25, 0.3) is 10.2 Å². The monoisotopic (exact) mass is 352 g/mol. The number of hydrogen-bond acceptors (Lipinski definition) is 5. The third kappa shape index (κ3) is 3.09. The number of hydrogen-bond donors (Lipinski definition) is 2. The smallest absolute Gasteiger partial charge is 0.251 e. The van der Waals surface area contributed by atoms with Crippen LogP contribution in [0.2, 0.25) is 0 Å². The Morgan fingerprint density at radius 2 is 1.96 bits per heavy atom. The molecule has 0 bridgehead atoms. The fraction of sp³-hybridized carbons (Fsp3) is 0.316. The Balaban J connectivity index is 1.57. The first kappa shape index (κ1) is 16.0. The summed E-state index contributed by atoms with van der Waals surface area (Å²) in [5, 5.41) is 7.29. The van der Waals surface area contributed by atoms with Crippen LogP contribution in [0.5, 0.6) is 0 Å². The Kier molecular flexibility index (Phi) is 4.36. The third-order valence-corrected chi connectivity index (χ3v) is 5.85. The fourth-order valence-electron chi connectivity index (χ4n) is 3.33. The molecule has 2 heterocycles. The molecule has 0 unspecified atom stereocenters. The number of fused-ring (bicyclic) bond motifs is 3. The maximum absolute atomic E-state index is 11.6. The van der Waals surface area contributed by atoms with E-state index in [-0.39, 0.29) is 5.91 Å². The van der Waals surface area contributed by atoms with Gasteiger partial charge in [0.25, 0.3) is 5.91 Å². The predicted molar refractivity (Wildman–Crippen MR) is 101 cm³/mol. The Bertz CT molecular complexity index is 917. The zero-order valence-electron chi connectivity index (χ0n) is 14.1. The number of thiophene rings is 1. The Labute approximate surface area is 150 Å². The summed E-state index contributed by atoms with van der Waals surface area (Å²) in [6.45, 7) is 0.671. The van der Waals surface area contributed by atoms with Crippen LogP contribution >= 0.6 is 11.3 Å². The number of nitrogens with zero attached hydrogens (tertiary/aromatic N) is 2. The largest absolute Gasteiger partial charge is 0.365 e. The highest BCUT2D eigenvalue weighted by atomic mass is 32.1. The average molecular weight is 352 g/mol. The normalized spacial score (nSPS) is 13.5. The molecule has 3 aromatic rings. The van der Waals surface area contributed by atoms with Crippen LogP contribution in [0.4, 0.5) is 5.82 Å². The number of anilines is 1. The van der Waals surface area contributed by atoms with Crippen molar-refractivity contribution in [1.82, 2.24) is 15.3 Å². The van der Waals surface area contributed by atoms with E-state index >= 15 is 0 Å². The van der Waals surface area contributed by atoms with Crippen molar-refractivity contribution in [3.8, 4) is 0 Å². The van der Waals surface area contributed by atoms with Crippen LogP contribution in [-0.4, -0.2) is 22.9 Å². The number of nitrogens with one attached hydrogen (secondary N) is 2. The summed E-state index contributed by atoms with van der Waals surface area (Å²) < 4.78 is 0. The lowest BCUT2D eigenvalue weighted by atomic mass is 9.97. The summed E-state index contributed by atoms with van der Waals surface area (Å²) in [4.78, 5) is 23.1. The van der Waals surface area contributed by atoms with Gasteiger partial charge in [0.1, 0.15) is 17.0 Å². The topological polar surface area (TPSA) is 66.9 Å². The van der Waals surface area contributed by atoms with Crippen molar-refractivity contribution in [3.05, 3.63) is 52.2 Å². The molecule has 0 atom stereocenters. The van der Waals surface area contributed by atoms with E-state index in [2.05, 4.69) is 20.6 Å². The summed E-state index contributed by atoms with van der Waals surface area (Å²) in [5.74, 6) is 0.849. The zero-order valence-corrected chi connectivity index (χ0v) is 14.9. The van der Waals surface area contributed by atoms with Crippen molar-refractivity contribution < 1.29 is 4.79 Å². The summed E-state index contributed by atoms with van der Waals surface area (Å²) >= 11 is 1.81. The Hall–Kier alpha value is -2.47. The quantitative estimate of drug-likeness (QED) is 0.754. The molecule has 2 N–H and O–H groups in total. The summed E-state index contributed by atoms with van der Waals surface area (Å²) in [7, 11) is 1.64. The van der Waals surface area contributed by atoms with Crippen LogP contribution in [-0.2, 0) is 19.4 Å². The first-order valence-electron chi connectivity index (χ1n) is 8.56. The maximum Gasteiger partial charge on any atom is 0.251 e. The van der Waals surface area contributed by atoms with Gasteiger partial charge in [-0.25, -0.2) is 9.97 Å². The van der Waals surface area contributed by atoms with E-state index in [1.807, 2.05) is 35.6 Å². The SMILES string of the molecule is CNC(=O)c1ccc(CNc2ncnc3sc4c(c23)CCCC4)cc1. The van der Waals surface area contributed by atoms with Crippen LogP contribution in [0.1, 0.15) is 39.2 Å². The van der Waals surface area contributed by atoms with Crippen LogP contribution < -0.4 is 10.6 Å². The molecule has 0 radical (unpaired) electrons. The molecule has 5 nitrogen and oxygen atoms in total. The third-order valence-electron chi connectivity index (χ3n) is 4.65. The number of benzene rings is 1. The van der Waals surface area contributed by atoms with Crippen molar-refractivity contribution in [2.75, 3.05) is 12.4 Å². The molecule has 0 fully saturated rings. The van der Waals surface area contributed by atoms with E-state index in [0.29, 0.717) is 12.1 Å². The highest BCUT2D eigenvalue weighted by Gasteiger charge is 2.19. The molecule has 25 heavy (non-hydrogen) atoms. The van der Waals surface area contributed by atoms with Crippen molar-refractivity contribution in [1.29, 1.82) is 0 Å². The van der Waals surface area contributed by atoms with Gasteiger partial charge >= 0.3 is 0 Å². The predicted octanol–water partition coefficient (Wildman–Crippen LogP) is 3.54. The molecular weight excluding hydrogens is 332 g/mol. The van der Waals surface area contributed by atoms with E-state index in [1.54, 1.807) is 13.4 Å². The van der Waals surface area contributed by atoms with Gasteiger partial charge in [0.05, 0.1) is 5.39 Å². The van der Waals surface area contributed by atoms with E-state index in [4.69, 9.17) is 0 Å². The van der Waals surface area contributed by atoms with E-state index < -0.39 is 0 Å². The first-order chi connectivity index (χ1) is 12.3. The minimum atomic E-state index is -0.0677. The van der Waals surface area contributed by atoms with E-state index in [9.17, 15) is 4.79 Å². The van der Waals surface area contributed by atoms with Gasteiger partial charge in [0, 0.05) is 24.0 Å². The number of rotatable bonds is 4. The van der Waals surface area contributed by atoms with Crippen molar-refractivity contribution in [2.24, 2.45) is 0 Å². The van der Waals surface area contributed by atoms with Crippen LogP contribution in [0.3, 0.4) is 0 Å². The molecule has 6 heteroatoms. The molecule has 1 aromatic carbocycles. The lowest BCUT2D eigenvalue weighted by Gasteiger charge is -2.12. The van der Waals surface area contributed by atoms with Gasteiger partial charge in [0.15, 0.2) is 0 Å². The summed E-state index contributed by atoms with van der Waals surface area (Å²) in [5.41, 5.74) is 3.22. The molecule has 1 amide bonds. The molecule has 2 aromatic heterocycles. The Morgan fingerprint density at radius 3 is 2.76 bits per heavy atom. The van der Waals surface area contributed by atoms with Gasteiger partial charge < -0.3 is 10.6 Å². The lowest BCUT2D eigenvalue weighted by molar-refractivity contribution is 0.0963. The standard InChI is InChI=1S/C19H20N4OS/c1-20-18(24)13-8-6-12(7-9-13)10-21-17-16-14-4-2-3-5-15(14)25-19(16)23-11-22-17/h6-9,11H,2-5,10H2,1H3,(H,20,24)(H,21,22,23). The molecule has 0 aliphatic heterocycles. The average Bonchev–Trinajstić information content (AvgIpc) is 3.05. The van der Waals surface area contributed by atoms with Gasteiger partial charge in [-0.15, -0.1) is 11.3 Å². The molecule has 128 valence electrons. The molecule has 1 aliphatic carbocycles. The molecule has 4 rings (SSSR count). The maximum atomic E-state index is 11.6. The number of aromatic nitrogens is 2.